The number of halogens is 3. The Morgan fingerprint density at radius 3 is 1.33 bits per heavy atom. The van der Waals surface area contributed by atoms with Crippen LogP contribution in [0, 0.1) is 0 Å². The molecule has 0 saturated carbocycles. The van der Waals surface area contributed by atoms with Gasteiger partial charge >= 0.3 is 29.6 Å². The molecule has 0 N–H and O–H groups in total. The van der Waals surface area contributed by atoms with E-state index in [1.807, 2.05) is 0 Å². The maximum atomic E-state index is 5.10. The molecule has 0 aromatic heterocycles. The molecule has 0 heterocycles. The van der Waals surface area contributed by atoms with Crippen molar-refractivity contribution in [3.63, 3.8) is 0 Å². The van der Waals surface area contributed by atoms with Crippen LogP contribution in [0.15, 0.2) is 0 Å². The van der Waals surface area contributed by atoms with Crippen LogP contribution in [-0.2, 0) is 0 Å². The summed E-state index contributed by atoms with van der Waals surface area (Å²) in [6.07, 6.45) is 0. The van der Waals surface area contributed by atoms with Gasteiger partial charge in [0.15, 0.2) is 0 Å². The van der Waals surface area contributed by atoms with E-state index in [4.69, 9.17) is 22.5 Å². The van der Waals surface area contributed by atoms with Crippen LogP contribution in [0.3, 0.4) is 0 Å². The fraction of sp³-hybridized carbons (Fsp3) is 1.00. The molecule has 0 saturated heterocycles. The zero-order valence-electron chi connectivity index (χ0n) is 3.58. The van der Waals surface area contributed by atoms with E-state index in [1.54, 1.807) is 6.66 Å². The molecule has 34 valence electrons. The summed E-state index contributed by atoms with van der Waals surface area (Å²) in [7, 11) is 0. The first kappa shape index (κ1) is 15.7. The minimum Gasteiger partial charge on any atom is -1.00 e. The molecule has 0 unspecified atom stereocenters. The normalized spacial score (nSPS) is 6.00. The maximum Gasteiger partial charge on any atom is 1.00 e. The van der Waals surface area contributed by atoms with E-state index in [9.17, 15) is 0 Å². The Hall–Kier alpha value is 2.30. The monoisotopic (exact) mass is 174 g/mol. The van der Waals surface area contributed by atoms with Crippen molar-refractivity contribution >= 4 is 29.1 Å². The van der Waals surface area contributed by atoms with Crippen molar-refractivity contribution in [1.82, 2.24) is 0 Å². The molecule has 0 rings (SSSR count). The topological polar surface area (TPSA) is 0 Å². The van der Waals surface area contributed by atoms with Gasteiger partial charge < -0.3 is 12.4 Å². The molecular weight excluding hydrogens is 172 g/mol. The van der Waals surface area contributed by atoms with Crippen LogP contribution in [0.25, 0.3) is 0 Å². The SMILES string of the molecule is CP(Cl)Cl.[Cl-].[Na+]. The summed E-state index contributed by atoms with van der Waals surface area (Å²) in [4.78, 5) is 0. The third-order valence-corrected chi connectivity index (χ3v) is 0. The molecule has 0 aromatic carbocycles. The molecule has 0 nitrogen and oxygen atoms in total. The summed E-state index contributed by atoms with van der Waals surface area (Å²) < 4.78 is 0. The summed E-state index contributed by atoms with van der Waals surface area (Å²) in [6, 6.07) is 0. The Labute approximate surface area is 77.0 Å². The zero-order chi connectivity index (χ0) is 3.58. The molecule has 0 bridgehead atoms. The molecule has 0 radical (unpaired) electrons. The van der Waals surface area contributed by atoms with E-state index >= 15 is 0 Å². The predicted molar refractivity (Wildman–Crippen MR) is 24.5 cm³/mol. The summed E-state index contributed by atoms with van der Waals surface area (Å²) in [5.74, 6) is 0. The third kappa shape index (κ3) is 33.5. The first-order valence-electron chi connectivity index (χ1n) is 0.785. The first-order valence-corrected chi connectivity index (χ1v) is 4.38. The second kappa shape index (κ2) is 10.3. The number of rotatable bonds is 0. The van der Waals surface area contributed by atoms with Crippen molar-refractivity contribution in [1.29, 1.82) is 0 Å². The Bertz CT molecular complexity index is 15.5. The Morgan fingerprint density at radius 2 is 1.33 bits per heavy atom. The third-order valence-electron chi connectivity index (χ3n) is 0. The molecule has 0 aliphatic heterocycles. The van der Waals surface area contributed by atoms with Gasteiger partial charge in [-0.25, -0.2) is 0 Å². The minimum atomic E-state index is -0.676. The largest absolute Gasteiger partial charge is 1.00 e. The quantitative estimate of drug-likeness (QED) is 0.264. The van der Waals surface area contributed by atoms with Gasteiger partial charge in [-0.1, -0.05) is 22.5 Å². The van der Waals surface area contributed by atoms with Crippen molar-refractivity contribution in [2.24, 2.45) is 0 Å². The summed E-state index contributed by atoms with van der Waals surface area (Å²) in [6.45, 7) is 1.09. The van der Waals surface area contributed by atoms with E-state index in [0.717, 1.165) is 0 Å². The Balaban J connectivity index is -0.0000000450. The van der Waals surface area contributed by atoms with Crippen molar-refractivity contribution in [3.8, 4) is 0 Å². The smallest absolute Gasteiger partial charge is 1.00 e. The van der Waals surface area contributed by atoms with Gasteiger partial charge in [-0.05, 0) is 6.66 Å². The molecule has 0 aromatic rings. The molecule has 0 atom stereocenters. The molecule has 5 heteroatoms. The van der Waals surface area contributed by atoms with Gasteiger partial charge in [0.25, 0.3) is 0 Å². The van der Waals surface area contributed by atoms with Gasteiger partial charge in [0.2, 0.25) is 0 Å². The van der Waals surface area contributed by atoms with Crippen LogP contribution in [0.2, 0.25) is 0 Å². The maximum absolute atomic E-state index is 5.10. The van der Waals surface area contributed by atoms with Gasteiger partial charge in [-0.2, -0.15) is 0 Å². The second-order valence-corrected chi connectivity index (χ2v) is 4.77. The minimum absolute atomic E-state index is 0. The van der Waals surface area contributed by atoms with Gasteiger partial charge in [-0.3, -0.25) is 0 Å². The Kier molecular flexibility index (Phi) is 27.1. The fourth-order valence-corrected chi connectivity index (χ4v) is 0. The van der Waals surface area contributed by atoms with E-state index in [1.165, 1.54) is 0 Å². The molecule has 6 heavy (non-hydrogen) atoms. The number of hydrogen-bond acceptors (Lipinski definition) is 0. The molecule has 0 spiro atoms. The van der Waals surface area contributed by atoms with Crippen LogP contribution >= 0.6 is 29.1 Å². The van der Waals surface area contributed by atoms with Gasteiger partial charge in [0, 0.05) is 0 Å². The van der Waals surface area contributed by atoms with Crippen molar-refractivity contribution < 1.29 is 42.0 Å². The van der Waals surface area contributed by atoms with E-state index in [-0.39, 0.29) is 42.0 Å². The van der Waals surface area contributed by atoms with Crippen LogP contribution in [0.5, 0.6) is 0 Å². The van der Waals surface area contributed by atoms with Crippen LogP contribution in [0.1, 0.15) is 0 Å². The van der Waals surface area contributed by atoms with E-state index in [0.29, 0.717) is 0 Å². The fourth-order valence-electron chi connectivity index (χ4n) is 0. The molecule has 0 amide bonds. The van der Waals surface area contributed by atoms with Crippen LogP contribution in [-0.4, -0.2) is 6.66 Å². The van der Waals surface area contributed by atoms with Crippen LogP contribution < -0.4 is 42.0 Å². The van der Waals surface area contributed by atoms with E-state index < -0.39 is 6.63 Å². The van der Waals surface area contributed by atoms with Gasteiger partial charge in [-0.15, -0.1) is 0 Å². The van der Waals surface area contributed by atoms with Gasteiger partial charge in [0.1, 0.15) is 0 Å². The molecular formula is CH3Cl3NaP. The van der Waals surface area contributed by atoms with Crippen LogP contribution in [0.4, 0.5) is 0 Å². The Morgan fingerprint density at radius 1 is 1.33 bits per heavy atom. The van der Waals surface area contributed by atoms with Crippen molar-refractivity contribution in [3.05, 3.63) is 0 Å². The number of hydrogen-bond donors (Lipinski definition) is 0. The van der Waals surface area contributed by atoms with E-state index in [2.05, 4.69) is 0 Å². The van der Waals surface area contributed by atoms with Crippen molar-refractivity contribution in [2.45, 2.75) is 0 Å². The summed E-state index contributed by atoms with van der Waals surface area (Å²) >= 11 is 10.2. The first-order chi connectivity index (χ1) is 1.73. The molecule has 0 aliphatic carbocycles. The zero-order valence-corrected chi connectivity index (χ0v) is 8.74. The standard InChI is InChI=1S/CH3Cl2P.ClH.Na/c1-4(2)3;;/h1H3;1H;/q;;+1/p-1. The van der Waals surface area contributed by atoms with Crippen molar-refractivity contribution in [2.75, 3.05) is 6.66 Å². The average Bonchev–Trinajstić information content (AvgIpc) is 0.811. The average molecular weight is 175 g/mol. The molecule has 0 aliphatic rings. The van der Waals surface area contributed by atoms with Gasteiger partial charge in [0.05, 0.1) is 6.63 Å². The summed E-state index contributed by atoms with van der Waals surface area (Å²) in [5, 5.41) is 0. The second-order valence-electron chi connectivity index (χ2n) is 0.402. The molecule has 0 fully saturated rings. The predicted octanol–water partition coefficient (Wildman–Crippen LogP) is -3.59. The summed E-state index contributed by atoms with van der Waals surface area (Å²) in [5.41, 5.74) is 0.